The van der Waals surface area contributed by atoms with E-state index in [9.17, 15) is 4.79 Å². The number of anilines is 1. The third-order valence-corrected chi connectivity index (χ3v) is 4.58. The van der Waals surface area contributed by atoms with Crippen molar-refractivity contribution < 1.29 is 4.79 Å². The van der Waals surface area contributed by atoms with E-state index < -0.39 is 0 Å². The van der Waals surface area contributed by atoms with E-state index in [1.54, 1.807) is 30.0 Å². The SMILES string of the molecule is CSc1ccc(NC(=O)c2cccc(Br)c2Cl)cc1. The van der Waals surface area contributed by atoms with Crippen LogP contribution < -0.4 is 5.32 Å². The third kappa shape index (κ3) is 3.53. The van der Waals surface area contributed by atoms with Crippen molar-refractivity contribution in [3.8, 4) is 0 Å². The molecule has 19 heavy (non-hydrogen) atoms. The molecule has 0 unspecified atom stereocenters. The van der Waals surface area contributed by atoms with Crippen LogP contribution in [-0.2, 0) is 0 Å². The van der Waals surface area contributed by atoms with Crippen LogP contribution in [-0.4, -0.2) is 12.2 Å². The van der Waals surface area contributed by atoms with E-state index in [0.717, 1.165) is 10.6 Å². The molecule has 0 bridgehead atoms. The lowest BCUT2D eigenvalue weighted by atomic mass is 10.2. The molecule has 98 valence electrons. The number of thioether (sulfide) groups is 1. The number of rotatable bonds is 3. The standard InChI is InChI=1S/C14H11BrClNOS/c1-19-10-7-5-9(6-8-10)17-14(18)11-3-2-4-12(15)13(11)16/h2-8H,1H3,(H,17,18). The maximum atomic E-state index is 12.1. The predicted octanol–water partition coefficient (Wildman–Crippen LogP) is 5.08. The highest BCUT2D eigenvalue weighted by Gasteiger charge is 2.12. The van der Waals surface area contributed by atoms with Gasteiger partial charge in [0.2, 0.25) is 0 Å². The Hall–Kier alpha value is -0.970. The Morgan fingerprint density at radius 2 is 1.89 bits per heavy atom. The van der Waals surface area contributed by atoms with Gasteiger partial charge in [0.05, 0.1) is 10.6 Å². The minimum atomic E-state index is -0.219. The minimum Gasteiger partial charge on any atom is -0.322 e. The molecule has 0 spiro atoms. The fraction of sp³-hybridized carbons (Fsp3) is 0.0714. The average molecular weight is 357 g/mol. The van der Waals surface area contributed by atoms with Crippen molar-refractivity contribution in [3.63, 3.8) is 0 Å². The maximum Gasteiger partial charge on any atom is 0.257 e. The molecule has 2 nitrogen and oxygen atoms in total. The number of hydrogen-bond donors (Lipinski definition) is 1. The molecule has 0 atom stereocenters. The number of carbonyl (C=O) groups is 1. The second-order valence-electron chi connectivity index (χ2n) is 3.78. The molecule has 0 heterocycles. The molecule has 0 radical (unpaired) electrons. The first-order chi connectivity index (χ1) is 9.11. The Balaban J connectivity index is 2.18. The van der Waals surface area contributed by atoms with Crippen molar-refractivity contribution in [1.82, 2.24) is 0 Å². The molecular formula is C14H11BrClNOS. The summed E-state index contributed by atoms with van der Waals surface area (Å²) in [5, 5.41) is 3.24. The fourth-order valence-electron chi connectivity index (χ4n) is 1.55. The molecule has 0 aliphatic carbocycles. The molecule has 2 rings (SSSR count). The first kappa shape index (κ1) is 14.4. The fourth-order valence-corrected chi connectivity index (χ4v) is 2.54. The second-order valence-corrected chi connectivity index (χ2v) is 5.90. The van der Waals surface area contributed by atoms with Crippen molar-refractivity contribution in [1.29, 1.82) is 0 Å². The summed E-state index contributed by atoms with van der Waals surface area (Å²) in [4.78, 5) is 13.3. The van der Waals surface area contributed by atoms with Gasteiger partial charge in [0.1, 0.15) is 0 Å². The van der Waals surface area contributed by atoms with Crippen LogP contribution in [0, 0.1) is 0 Å². The average Bonchev–Trinajstić information content (AvgIpc) is 2.42. The molecule has 0 aliphatic rings. The zero-order valence-corrected chi connectivity index (χ0v) is 13.3. The molecule has 1 N–H and O–H groups in total. The maximum absolute atomic E-state index is 12.1. The highest BCUT2D eigenvalue weighted by atomic mass is 79.9. The van der Waals surface area contributed by atoms with Crippen LogP contribution in [0.2, 0.25) is 5.02 Å². The molecule has 0 saturated carbocycles. The van der Waals surface area contributed by atoms with Gasteiger partial charge in [-0.2, -0.15) is 0 Å². The zero-order valence-electron chi connectivity index (χ0n) is 10.1. The van der Waals surface area contributed by atoms with Crippen molar-refractivity contribution in [2.24, 2.45) is 0 Å². The number of amides is 1. The Labute approximate surface area is 129 Å². The van der Waals surface area contributed by atoms with Gasteiger partial charge in [-0.05, 0) is 58.6 Å². The molecule has 5 heteroatoms. The van der Waals surface area contributed by atoms with Gasteiger partial charge in [-0.15, -0.1) is 11.8 Å². The summed E-state index contributed by atoms with van der Waals surface area (Å²) in [5.41, 5.74) is 1.20. The lowest BCUT2D eigenvalue weighted by molar-refractivity contribution is 0.102. The lowest BCUT2D eigenvalue weighted by Crippen LogP contribution is -2.12. The van der Waals surface area contributed by atoms with Crippen LogP contribution in [0.15, 0.2) is 51.8 Å². The summed E-state index contributed by atoms with van der Waals surface area (Å²) >= 11 is 11.1. The molecule has 0 aliphatic heterocycles. The van der Waals surface area contributed by atoms with Gasteiger partial charge in [0.25, 0.3) is 5.91 Å². The van der Waals surface area contributed by atoms with Crippen molar-refractivity contribution >= 4 is 50.9 Å². The number of carbonyl (C=O) groups excluding carboxylic acids is 1. The predicted molar refractivity (Wildman–Crippen MR) is 85.3 cm³/mol. The molecular weight excluding hydrogens is 346 g/mol. The highest BCUT2D eigenvalue weighted by Crippen LogP contribution is 2.27. The van der Waals surface area contributed by atoms with Gasteiger partial charge in [0, 0.05) is 15.1 Å². The third-order valence-electron chi connectivity index (χ3n) is 2.54. The molecule has 0 saturated heterocycles. The van der Waals surface area contributed by atoms with E-state index in [-0.39, 0.29) is 5.91 Å². The molecule has 0 aromatic heterocycles. The van der Waals surface area contributed by atoms with E-state index in [0.29, 0.717) is 15.1 Å². The van der Waals surface area contributed by atoms with Crippen molar-refractivity contribution in [2.45, 2.75) is 4.90 Å². The van der Waals surface area contributed by atoms with Gasteiger partial charge in [0.15, 0.2) is 0 Å². The van der Waals surface area contributed by atoms with Crippen LogP contribution in [0.4, 0.5) is 5.69 Å². The minimum absolute atomic E-state index is 0.219. The van der Waals surface area contributed by atoms with Crippen molar-refractivity contribution in [3.05, 3.63) is 57.5 Å². The van der Waals surface area contributed by atoms with Gasteiger partial charge < -0.3 is 5.32 Å². The van der Waals surface area contributed by atoms with Crippen LogP contribution in [0.3, 0.4) is 0 Å². The van der Waals surface area contributed by atoms with Crippen LogP contribution >= 0.6 is 39.3 Å². The van der Waals surface area contributed by atoms with Crippen molar-refractivity contribution in [2.75, 3.05) is 11.6 Å². The molecule has 2 aromatic carbocycles. The Morgan fingerprint density at radius 1 is 1.21 bits per heavy atom. The lowest BCUT2D eigenvalue weighted by Gasteiger charge is -2.08. The smallest absolute Gasteiger partial charge is 0.257 e. The van der Waals surface area contributed by atoms with Crippen LogP contribution in [0.1, 0.15) is 10.4 Å². The molecule has 1 amide bonds. The van der Waals surface area contributed by atoms with Gasteiger partial charge >= 0.3 is 0 Å². The first-order valence-corrected chi connectivity index (χ1v) is 7.91. The summed E-state index contributed by atoms with van der Waals surface area (Å²) in [6.45, 7) is 0. The Kier molecular flexibility index (Phi) is 4.91. The van der Waals surface area contributed by atoms with Gasteiger partial charge in [-0.1, -0.05) is 17.7 Å². The van der Waals surface area contributed by atoms with E-state index in [2.05, 4.69) is 21.2 Å². The number of halogens is 2. The highest BCUT2D eigenvalue weighted by molar-refractivity contribution is 9.10. The number of hydrogen-bond acceptors (Lipinski definition) is 2. The Bertz CT molecular complexity index is 601. The van der Waals surface area contributed by atoms with Gasteiger partial charge in [-0.3, -0.25) is 4.79 Å². The summed E-state index contributed by atoms with van der Waals surface area (Å²) in [6, 6.07) is 12.9. The number of benzene rings is 2. The summed E-state index contributed by atoms with van der Waals surface area (Å²) in [5.74, 6) is -0.219. The monoisotopic (exact) mass is 355 g/mol. The second kappa shape index (κ2) is 6.46. The van der Waals surface area contributed by atoms with Crippen LogP contribution in [0.25, 0.3) is 0 Å². The zero-order chi connectivity index (χ0) is 13.8. The normalized spacial score (nSPS) is 10.3. The summed E-state index contributed by atoms with van der Waals surface area (Å²) in [7, 11) is 0. The molecule has 2 aromatic rings. The summed E-state index contributed by atoms with van der Waals surface area (Å²) < 4.78 is 0.708. The largest absolute Gasteiger partial charge is 0.322 e. The van der Waals surface area contributed by atoms with E-state index in [1.165, 1.54) is 0 Å². The topological polar surface area (TPSA) is 29.1 Å². The van der Waals surface area contributed by atoms with E-state index in [1.807, 2.05) is 30.5 Å². The molecule has 0 fully saturated rings. The quantitative estimate of drug-likeness (QED) is 0.777. The van der Waals surface area contributed by atoms with Crippen LogP contribution in [0.5, 0.6) is 0 Å². The summed E-state index contributed by atoms with van der Waals surface area (Å²) in [6.07, 6.45) is 2.01. The van der Waals surface area contributed by atoms with E-state index >= 15 is 0 Å². The van der Waals surface area contributed by atoms with E-state index in [4.69, 9.17) is 11.6 Å². The first-order valence-electron chi connectivity index (χ1n) is 5.51. The Morgan fingerprint density at radius 3 is 2.53 bits per heavy atom. The van der Waals surface area contributed by atoms with Gasteiger partial charge in [-0.25, -0.2) is 0 Å². The number of nitrogens with one attached hydrogen (secondary N) is 1.